The van der Waals surface area contributed by atoms with Gasteiger partial charge in [-0.05, 0) is 65.2 Å². The monoisotopic (exact) mass is 523 g/mol. The molecule has 194 valence electrons. The summed E-state index contributed by atoms with van der Waals surface area (Å²) in [5.41, 5.74) is 5.47. The van der Waals surface area contributed by atoms with Crippen LogP contribution in [0.2, 0.25) is 0 Å². The molecular formula is C33H24F3NO2. The molecule has 0 N–H and O–H groups in total. The predicted molar refractivity (Wildman–Crippen MR) is 146 cm³/mol. The molecule has 0 fully saturated rings. The van der Waals surface area contributed by atoms with Crippen molar-refractivity contribution in [3.63, 3.8) is 0 Å². The van der Waals surface area contributed by atoms with E-state index in [9.17, 15) is 13.2 Å². The minimum atomic E-state index is -2.99. The number of benzene rings is 5. The third-order valence-electron chi connectivity index (χ3n) is 6.75. The minimum absolute atomic E-state index is 0.0263. The molecule has 0 saturated carbocycles. The zero-order valence-corrected chi connectivity index (χ0v) is 20.8. The van der Waals surface area contributed by atoms with Crippen molar-refractivity contribution in [3.05, 3.63) is 144 Å². The molecule has 0 aliphatic carbocycles. The van der Waals surface area contributed by atoms with E-state index in [4.69, 9.17) is 9.47 Å². The fourth-order valence-electron chi connectivity index (χ4n) is 5.04. The first-order valence-corrected chi connectivity index (χ1v) is 12.6. The summed E-state index contributed by atoms with van der Waals surface area (Å²) in [4.78, 5) is 2.18. The van der Waals surface area contributed by atoms with Crippen LogP contribution < -0.4 is 14.4 Å². The number of ether oxygens (including phenoxy) is 2. The van der Waals surface area contributed by atoms with Crippen molar-refractivity contribution >= 4 is 11.4 Å². The highest BCUT2D eigenvalue weighted by Crippen LogP contribution is 2.50. The molecule has 1 aliphatic rings. The van der Waals surface area contributed by atoms with E-state index in [1.54, 1.807) is 24.3 Å². The van der Waals surface area contributed by atoms with Crippen LogP contribution in [0.3, 0.4) is 0 Å². The molecule has 1 atom stereocenters. The average molecular weight is 524 g/mol. The third kappa shape index (κ3) is 5.06. The third-order valence-corrected chi connectivity index (χ3v) is 6.75. The number of rotatable bonds is 7. The number of halogens is 3. The van der Waals surface area contributed by atoms with E-state index in [0.29, 0.717) is 29.0 Å². The van der Waals surface area contributed by atoms with Gasteiger partial charge in [0.1, 0.15) is 23.4 Å². The Morgan fingerprint density at radius 3 is 2.23 bits per heavy atom. The van der Waals surface area contributed by atoms with E-state index < -0.39 is 12.7 Å². The standard InChI is InChI=1S/C33H24F3NO2/c34-24-12-7-11-23(19-24)32-28-20-26(37(25-13-5-2-6-14-25)21-22-9-3-1-4-10-22)17-18-27(28)31-29(38-32)15-8-16-30(31)39-33(35)36/h1-20,32-33H,21H2. The molecule has 5 aromatic rings. The Balaban J connectivity index is 1.53. The summed E-state index contributed by atoms with van der Waals surface area (Å²) < 4.78 is 52.2. The molecule has 0 radical (unpaired) electrons. The van der Waals surface area contributed by atoms with Gasteiger partial charge in [-0.1, -0.05) is 72.8 Å². The molecule has 0 saturated heterocycles. The van der Waals surface area contributed by atoms with Gasteiger partial charge in [-0.3, -0.25) is 0 Å². The SMILES string of the molecule is Fc1cccc(C2Oc3cccc(OC(F)F)c3-c3ccc(N(Cc4ccccc4)c4ccccc4)cc32)c1. The maximum absolute atomic E-state index is 14.3. The maximum atomic E-state index is 14.3. The van der Waals surface area contributed by atoms with Gasteiger partial charge in [0.05, 0.1) is 5.56 Å². The lowest BCUT2D eigenvalue weighted by molar-refractivity contribution is -0.0496. The Labute approximate surface area is 224 Å². The zero-order valence-electron chi connectivity index (χ0n) is 20.8. The first-order chi connectivity index (χ1) is 19.1. The number of para-hydroxylation sites is 1. The highest BCUT2D eigenvalue weighted by molar-refractivity contribution is 5.83. The number of fused-ring (bicyclic) bond motifs is 3. The first-order valence-electron chi connectivity index (χ1n) is 12.6. The predicted octanol–water partition coefficient (Wildman–Crippen LogP) is 8.91. The van der Waals surface area contributed by atoms with Crippen LogP contribution in [0.25, 0.3) is 11.1 Å². The smallest absolute Gasteiger partial charge is 0.387 e. The van der Waals surface area contributed by atoms with Gasteiger partial charge in [-0.15, -0.1) is 0 Å². The van der Waals surface area contributed by atoms with Gasteiger partial charge < -0.3 is 14.4 Å². The largest absolute Gasteiger partial charge is 0.480 e. The van der Waals surface area contributed by atoms with Crippen molar-refractivity contribution in [1.29, 1.82) is 0 Å². The maximum Gasteiger partial charge on any atom is 0.387 e. The zero-order chi connectivity index (χ0) is 26.8. The number of nitrogens with zero attached hydrogens (tertiary/aromatic N) is 1. The first kappa shape index (κ1) is 24.6. The van der Waals surface area contributed by atoms with Crippen LogP contribution in [0.15, 0.2) is 121 Å². The van der Waals surface area contributed by atoms with Crippen LogP contribution in [-0.4, -0.2) is 6.61 Å². The summed E-state index contributed by atoms with van der Waals surface area (Å²) in [6.45, 7) is -2.38. The van der Waals surface area contributed by atoms with Crippen molar-refractivity contribution in [1.82, 2.24) is 0 Å². The molecule has 1 heterocycles. The van der Waals surface area contributed by atoms with Gasteiger partial charge in [0.25, 0.3) is 0 Å². The van der Waals surface area contributed by atoms with E-state index in [1.807, 2.05) is 66.7 Å². The molecule has 3 nitrogen and oxygen atoms in total. The average Bonchev–Trinajstić information content (AvgIpc) is 2.96. The van der Waals surface area contributed by atoms with Gasteiger partial charge in [-0.25, -0.2) is 4.39 Å². The molecule has 5 aromatic carbocycles. The Morgan fingerprint density at radius 2 is 1.49 bits per heavy atom. The molecule has 6 heteroatoms. The minimum Gasteiger partial charge on any atom is -0.480 e. The van der Waals surface area contributed by atoms with Crippen LogP contribution in [0.4, 0.5) is 24.5 Å². The molecule has 0 bridgehead atoms. The lowest BCUT2D eigenvalue weighted by Crippen LogP contribution is -2.20. The van der Waals surface area contributed by atoms with Gasteiger partial charge in [-0.2, -0.15) is 8.78 Å². The van der Waals surface area contributed by atoms with Gasteiger partial charge >= 0.3 is 6.61 Å². The summed E-state index contributed by atoms with van der Waals surface area (Å²) in [7, 11) is 0. The second kappa shape index (κ2) is 10.6. The normalized spacial score (nSPS) is 13.8. The molecule has 1 unspecified atom stereocenters. The molecule has 0 amide bonds. The van der Waals surface area contributed by atoms with Crippen molar-refractivity contribution in [2.45, 2.75) is 19.3 Å². The van der Waals surface area contributed by atoms with Crippen LogP contribution in [-0.2, 0) is 6.54 Å². The van der Waals surface area contributed by atoms with Gasteiger partial charge in [0.2, 0.25) is 0 Å². The lowest BCUT2D eigenvalue weighted by atomic mass is 9.88. The molecule has 1 aliphatic heterocycles. The number of anilines is 2. The van der Waals surface area contributed by atoms with E-state index in [1.165, 1.54) is 18.2 Å². The molecule has 39 heavy (non-hydrogen) atoms. The summed E-state index contributed by atoms with van der Waals surface area (Å²) in [6.07, 6.45) is -0.653. The topological polar surface area (TPSA) is 21.7 Å². The van der Waals surface area contributed by atoms with E-state index in [-0.39, 0.29) is 11.6 Å². The van der Waals surface area contributed by atoms with E-state index in [0.717, 1.165) is 22.5 Å². The van der Waals surface area contributed by atoms with Crippen molar-refractivity contribution in [2.24, 2.45) is 0 Å². The summed E-state index contributed by atoms with van der Waals surface area (Å²) in [6, 6.07) is 37.0. The van der Waals surface area contributed by atoms with Crippen LogP contribution in [0.1, 0.15) is 22.8 Å². The lowest BCUT2D eigenvalue weighted by Gasteiger charge is -2.32. The van der Waals surface area contributed by atoms with Crippen LogP contribution >= 0.6 is 0 Å². The van der Waals surface area contributed by atoms with Crippen molar-refractivity contribution < 1.29 is 22.6 Å². The Hall–Kier alpha value is -4.71. The summed E-state index contributed by atoms with van der Waals surface area (Å²) in [5.74, 6) is 0.0367. The molecule has 0 aromatic heterocycles. The Morgan fingerprint density at radius 1 is 0.744 bits per heavy atom. The fourth-order valence-corrected chi connectivity index (χ4v) is 5.04. The number of hydrogen-bond acceptors (Lipinski definition) is 3. The second-order valence-corrected chi connectivity index (χ2v) is 9.24. The molecular weight excluding hydrogens is 499 g/mol. The van der Waals surface area contributed by atoms with Crippen LogP contribution in [0.5, 0.6) is 11.5 Å². The fraction of sp³-hybridized carbons (Fsp3) is 0.0909. The summed E-state index contributed by atoms with van der Waals surface area (Å²) >= 11 is 0. The highest BCUT2D eigenvalue weighted by atomic mass is 19.3. The second-order valence-electron chi connectivity index (χ2n) is 9.24. The van der Waals surface area contributed by atoms with Crippen molar-refractivity contribution in [2.75, 3.05) is 4.90 Å². The van der Waals surface area contributed by atoms with Crippen molar-refractivity contribution in [3.8, 4) is 22.6 Å². The summed E-state index contributed by atoms with van der Waals surface area (Å²) in [5, 5.41) is 0. The Bertz CT molecular complexity index is 1590. The van der Waals surface area contributed by atoms with E-state index in [2.05, 4.69) is 17.0 Å². The van der Waals surface area contributed by atoms with E-state index >= 15 is 0 Å². The van der Waals surface area contributed by atoms with Gasteiger partial charge in [0.15, 0.2) is 0 Å². The highest BCUT2D eigenvalue weighted by Gasteiger charge is 2.31. The molecule has 6 rings (SSSR count). The Kier molecular flexibility index (Phi) is 6.68. The quantitative estimate of drug-likeness (QED) is 0.213. The van der Waals surface area contributed by atoms with Gasteiger partial charge in [0, 0.05) is 23.5 Å². The van der Waals surface area contributed by atoms with Crippen LogP contribution in [0, 0.1) is 5.82 Å². The number of hydrogen-bond donors (Lipinski definition) is 0. The molecule has 0 spiro atoms. The number of alkyl halides is 2.